The molecule has 2 rings (SSSR count). The second kappa shape index (κ2) is 4.27. The summed E-state index contributed by atoms with van der Waals surface area (Å²) in [6, 6.07) is 3.53. The fraction of sp³-hybridized carbons (Fsp3) is 0.250. The van der Waals surface area contributed by atoms with Gasteiger partial charge in [0.1, 0.15) is 0 Å². The Bertz CT molecular complexity index is 314. The van der Waals surface area contributed by atoms with Crippen LogP contribution in [-0.2, 0) is 5.88 Å². The van der Waals surface area contributed by atoms with Crippen molar-refractivity contribution >= 4 is 35.6 Å². The average Bonchev–Trinajstić information content (AvgIpc) is 2.49. The van der Waals surface area contributed by atoms with Gasteiger partial charge >= 0.3 is 0 Å². The zero-order chi connectivity index (χ0) is 8.55. The minimum Gasteiger partial charge on any atom is -0.454 e. The highest BCUT2D eigenvalue weighted by molar-refractivity contribution is 6.32. The zero-order valence-corrected chi connectivity index (χ0v) is 8.88. The maximum absolute atomic E-state index is 5.89. The van der Waals surface area contributed by atoms with Crippen molar-refractivity contribution in [3.63, 3.8) is 0 Å². The van der Waals surface area contributed by atoms with Crippen LogP contribution < -0.4 is 9.47 Å². The summed E-state index contributed by atoms with van der Waals surface area (Å²) in [6.07, 6.45) is 0. The topological polar surface area (TPSA) is 18.5 Å². The van der Waals surface area contributed by atoms with Crippen LogP contribution in [0.25, 0.3) is 0 Å². The van der Waals surface area contributed by atoms with E-state index in [1.165, 1.54) is 0 Å². The number of halogens is 3. The monoisotopic (exact) mass is 240 g/mol. The first kappa shape index (κ1) is 10.8. The number of hydrogen-bond acceptors (Lipinski definition) is 2. The van der Waals surface area contributed by atoms with E-state index in [2.05, 4.69) is 0 Å². The van der Waals surface area contributed by atoms with Crippen LogP contribution in [0, 0.1) is 0 Å². The molecule has 0 radical (unpaired) electrons. The Balaban J connectivity index is 0.000000845. The van der Waals surface area contributed by atoms with Crippen molar-refractivity contribution in [3.8, 4) is 11.5 Å². The molecule has 5 heteroatoms. The number of ether oxygens (including phenoxy) is 2. The summed E-state index contributed by atoms with van der Waals surface area (Å²) < 4.78 is 10.3. The van der Waals surface area contributed by atoms with Crippen molar-refractivity contribution < 1.29 is 9.47 Å². The molecule has 72 valence electrons. The van der Waals surface area contributed by atoms with Crippen LogP contribution in [0.15, 0.2) is 12.1 Å². The molecular weight excluding hydrogens is 234 g/mol. The molecule has 0 saturated carbocycles. The minimum atomic E-state index is 0. The summed E-state index contributed by atoms with van der Waals surface area (Å²) >= 11 is 11.5. The lowest BCUT2D eigenvalue weighted by molar-refractivity contribution is 0.174. The van der Waals surface area contributed by atoms with Crippen LogP contribution in [-0.4, -0.2) is 6.79 Å². The molecule has 0 saturated heterocycles. The van der Waals surface area contributed by atoms with Crippen LogP contribution in [0.1, 0.15) is 5.56 Å². The van der Waals surface area contributed by atoms with E-state index in [4.69, 9.17) is 32.7 Å². The van der Waals surface area contributed by atoms with Crippen LogP contribution in [0.2, 0.25) is 5.02 Å². The van der Waals surface area contributed by atoms with E-state index in [9.17, 15) is 0 Å². The van der Waals surface area contributed by atoms with Gasteiger partial charge in [-0.05, 0) is 11.6 Å². The summed E-state index contributed by atoms with van der Waals surface area (Å²) in [7, 11) is 0. The first-order valence-corrected chi connectivity index (χ1v) is 4.36. The SMILES string of the molecule is Cl.ClCc1cc2c(cc1Cl)OCO2. The highest BCUT2D eigenvalue weighted by Gasteiger charge is 2.15. The highest BCUT2D eigenvalue weighted by Crippen LogP contribution is 2.37. The summed E-state index contributed by atoms with van der Waals surface area (Å²) in [5.74, 6) is 1.79. The smallest absolute Gasteiger partial charge is 0.231 e. The van der Waals surface area contributed by atoms with Gasteiger partial charge in [0.2, 0.25) is 6.79 Å². The van der Waals surface area contributed by atoms with Gasteiger partial charge in [-0.3, -0.25) is 0 Å². The van der Waals surface area contributed by atoms with Gasteiger partial charge < -0.3 is 9.47 Å². The number of benzene rings is 1. The van der Waals surface area contributed by atoms with E-state index < -0.39 is 0 Å². The van der Waals surface area contributed by atoms with Crippen LogP contribution in [0.5, 0.6) is 11.5 Å². The second-order valence-corrected chi connectivity index (χ2v) is 3.10. The molecule has 0 spiro atoms. The number of fused-ring (bicyclic) bond motifs is 1. The standard InChI is InChI=1S/C8H6Cl2O2.ClH/c9-3-5-1-7-8(2-6(5)10)12-4-11-7;/h1-2H,3-4H2;1H. The molecule has 13 heavy (non-hydrogen) atoms. The van der Waals surface area contributed by atoms with E-state index in [1.54, 1.807) is 12.1 Å². The molecule has 1 aliphatic heterocycles. The third-order valence-corrected chi connectivity index (χ3v) is 2.33. The van der Waals surface area contributed by atoms with Crippen molar-refractivity contribution in [2.45, 2.75) is 5.88 Å². The Hall–Kier alpha value is -0.310. The Morgan fingerprint density at radius 2 is 1.85 bits per heavy atom. The Morgan fingerprint density at radius 1 is 1.23 bits per heavy atom. The molecule has 0 bridgehead atoms. The maximum atomic E-state index is 5.89. The third kappa shape index (κ3) is 1.96. The Labute approximate surface area is 92.1 Å². The highest BCUT2D eigenvalue weighted by atomic mass is 35.5. The van der Waals surface area contributed by atoms with Gasteiger partial charge in [0, 0.05) is 17.0 Å². The first-order valence-electron chi connectivity index (χ1n) is 3.45. The van der Waals surface area contributed by atoms with Crippen LogP contribution in [0.4, 0.5) is 0 Å². The number of hydrogen-bond donors (Lipinski definition) is 0. The van der Waals surface area contributed by atoms with Gasteiger partial charge in [-0.2, -0.15) is 0 Å². The quantitative estimate of drug-likeness (QED) is 0.703. The zero-order valence-electron chi connectivity index (χ0n) is 6.55. The Morgan fingerprint density at radius 3 is 2.46 bits per heavy atom. The molecule has 1 heterocycles. The molecule has 0 aromatic heterocycles. The van der Waals surface area contributed by atoms with Crippen molar-refractivity contribution in [1.29, 1.82) is 0 Å². The van der Waals surface area contributed by atoms with Crippen molar-refractivity contribution in [2.75, 3.05) is 6.79 Å². The molecular formula is C8H7Cl3O2. The summed E-state index contributed by atoms with van der Waals surface area (Å²) in [5.41, 5.74) is 0.864. The molecule has 0 N–H and O–H groups in total. The van der Waals surface area contributed by atoms with Gasteiger partial charge in [-0.15, -0.1) is 24.0 Å². The van der Waals surface area contributed by atoms with E-state index in [1.807, 2.05) is 0 Å². The van der Waals surface area contributed by atoms with Crippen molar-refractivity contribution in [2.24, 2.45) is 0 Å². The lowest BCUT2D eigenvalue weighted by Gasteiger charge is -2.01. The van der Waals surface area contributed by atoms with Crippen molar-refractivity contribution in [1.82, 2.24) is 0 Å². The average molecular weight is 242 g/mol. The van der Waals surface area contributed by atoms with E-state index in [0.29, 0.717) is 16.7 Å². The molecule has 2 nitrogen and oxygen atoms in total. The fourth-order valence-corrected chi connectivity index (χ4v) is 1.57. The largest absolute Gasteiger partial charge is 0.454 e. The minimum absolute atomic E-state index is 0. The molecule has 0 aliphatic carbocycles. The van der Waals surface area contributed by atoms with Gasteiger partial charge in [0.25, 0.3) is 0 Å². The van der Waals surface area contributed by atoms with Crippen LogP contribution >= 0.6 is 35.6 Å². The lowest BCUT2D eigenvalue weighted by Crippen LogP contribution is -1.92. The van der Waals surface area contributed by atoms with Crippen LogP contribution in [0.3, 0.4) is 0 Å². The predicted molar refractivity (Wildman–Crippen MR) is 54.4 cm³/mol. The normalized spacial score (nSPS) is 12.5. The molecule has 1 aromatic carbocycles. The molecule has 0 fully saturated rings. The summed E-state index contributed by atoms with van der Waals surface area (Å²) in [6.45, 7) is 0.261. The lowest BCUT2D eigenvalue weighted by atomic mass is 10.2. The van der Waals surface area contributed by atoms with E-state index in [-0.39, 0.29) is 19.2 Å². The molecule has 1 aromatic rings. The van der Waals surface area contributed by atoms with E-state index >= 15 is 0 Å². The molecule has 0 atom stereocenters. The fourth-order valence-electron chi connectivity index (χ4n) is 1.06. The van der Waals surface area contributed by atoms with Gasteiger partial charge in [0.15, 0.2) is 11.5 Å². The van der Waals surface area contributed by atoms with Gasteiger partial charge in [0.05, 0.1) is 0 Å². The number of alkyl halides is 1. The van der Waals surface area contributed by atoms with Gasteiger partial charge in [-0.25, -0.2) is 0 Å². The maximum Gasteiger partial charge on any atom is 0.231 e. The number of rotatable bonds is 1. The summed E-state index contributed by atoms with van der Waals surface area (Å²) in [4.78, 5) is 0. The Kier molecular flexibility index (Phi) is 3.54. The van der Waals surface area contributed by atoms with E-state index in [0.717, 1.165) is 11.3 Å². The first-order chi connectivity index (χ1) is 5.81. The van der Waals surface area contributed by atoms with Gasteiger partial charge in [-0.1, -0.05) is 11.6 Å². The summed E-state index contributed by atoms with van der Waals surface area (Å²) in [5, 5.41) is 0.620. The molecule has 1 aliphatic rings. The molecule has 0 amide bonds. The van der Waals surface area contributed by atoms with Crippen molar-refractivity contribution in [3.05, 3.63) is 22.7 Å². The second-order valence-electron chi connectivity index (χ2n) is 2.43. The predicted octanol–water partition coefficient (Wildman–Crippen LogP) is 3.23. The third-order valence-electron chi connectivity index (χ3n) is 1.69. The molecule has 0 unspecified atom stereocenters.